The number of hydrogen-bond acceptors (Lipinski definition) is 3. The van der Waals surface area contributed by atoms with E-state index in [1.807, 2.05) is 23.1 Å². The molecule has 0 unspecified atom stereocenters. The standard InChI is InChI=1S/C24H22N2S2/c1-2-26-20-11-4-6-13-22(20)28-24(26)16-18-9-7-8-17(14-18)15-23-25-19-10-3-5-12-21(19)27-23/h3-6,10-16H,2,7-9H2,1H3/p+1. The molecule has 1 aromatic heterocycles. The number of thioether (sulfide) groups is 1. The average molecular weight is 404 g/mol. The molecule has 1 aliphatic carbocycles. The van der Waals surface area contributed by atoms with Gasteiger partial charge in [-0.25, -0.2) is 0 Å². The summed E-state index contributed by atoms with van der Waals surface area (Å²) in [6, 6.07) is 17.2. The Bertz CT molecular complexity index is 1110. The smallest absolute Gasteiger partial charge is 0.263 e. The van der Waals surface area contributed by atoms with Crippen molar-refractivity contribution in [3.8, 4) is 0 Å². The van der Waals surface area contributed by atoms with Crippen molar-refractivity contribution in [2.24, 2.45) is 0 Å². The van der Waals surface area contributed by atoms with E-state index < -0.39 is 0 Å². The second-order valence-corrected chi connectivity index (χ2v) is 9.32. The first-order chi connectivity index (χ1) is 13.8. The van der Waals surface area contributed by atoms with Gasteiger partial charge in [-0.05, 0) is 61.6 Å². The van der Waals surface area contributed by atoms with Crippen molar-refractivity contribution >= 4 is 45.1 Å². The molecule has 0 fully saturated rings. The number of aromatic nitrogens is 1. The number of rotatable bonds is 3. The lowest BCUT2D eigenvalue weighted by Gasteiger charge is -2.12. The minimum absolute atomic E-state index is 1.00. The maximum atomic E-state index is 3.54. The molecule has 0 bridgehead atoms. The SMILES string of the molecule is CC[n+]1c(/C=C2C=C(/C=C3\Nc4ccccc4S3)CCC/2)sc2ccccc21. The highest BCUT2D eigenvalue weighted by molar-refractivity contribution is 8.03. The zero-order valence-electron chi connectivity index (χ0n) is 15.9. The Labute approximate surface area is 174 Å². The third kappa shape index (κ3) is 3.43. The highest BCUT2D eigenvalue weighted by Gasteiger charge is 2.19. The van der Waals surface area contributed by atoms with Crippen LogP contribution in [0.25, 0.3) is 16.3 Å². The zero-order valence-corrected chi connectivity index (χ0v) is 17.6. The van der Waals surface area contributed by atoms with Gasteiger partial charge < -0.3 is 5.32 Å². The largest absolute Gasteiger partial charge is 0.349 e. The van der Waals surface area contributed by atoms with E-state index in [1.165, 1.54) is 48.4 Å². The molecule has 140 valence electrons. The van der Waals surface area contributed by atoms with Crippen molar-refractivity contribution < 1.29 is 4.57 Å². The normalized spacial score (nSPS) is 19.1. The van der Waals surface area contributed by atoms with E-state index in [1.54, 1.807) is 0 Å². The van der Waals surface area contributed by atoms with Crippen molar-refractivity contribution in [1.82, 2.24) is 0 Å². The first kappa shape index (κ1) is 17.8. The fourth-order valence-electron chi connectivity index (χ4n) is 3.92. The number of benzene rings is 2. The van der Waals surface area contributed by atoms with Crippen LogP contribution in [0.5, 0.6) is 0 Å². The molecule has 2 heterocycles. The molecule has 3 aromatic rings. The van der Waals surface area contributed by atoms with Crippen LogP contribution in [0.3, 0.4) is 0 Å². The summed E-state index contributed by atoms with van der Waals surface area (Å²) in [6.07, 6.45) is 10.7. The highest BCUT2D eigenvalue weighted by Crippen LogP contribution is 2.41. The van der Waals surface area contributed by atoms with Crippen molar-refractivity contribution in [2.75, 3.05) is 5.32 Å². The van der Waals surface area contributed by atoms with E-state index in [4.69, 9.17) is 0 Å². The van der Waals surface area contributed by atoms with Crippen molar-refractivity contribution in [3.63, 3.8) is 0 Å². The van der Waals surface area contributed by atoms with E-state index in [9.17, 15) is 0 Å². The molecule has 0 saturated heterocycles. The average Bonchev–Trinajstić information content (AvgIpc) is 3.28. The lowest BCUT2D eigenvalue weighted by Crippen LogP contribution is -2.33. The highest BCUT2D eigenvalue weighted by atomic mass is 32.2. The zero-order chi connectivity index (χ0) is 18.9. The Hall–Kier alpha value is -2.30. The summed E-state index contributed by atoms with van der Waals surface area (Å²) in [7, 11) is 0. The number of aryl methyl sites for hydroxylation is 1. The summed E-state index contributed by atoms with van der Waals surface area (Å²) in [4.78, 5) is 1.31. The molecule has 5 rings (SSSR count). The molecule has 0 saturated carbocycles. The molecule has 0 amide bonds. The van der Waals surface area contributed by atoms with Gasteiger partial charge in [-0.15, -0.1) is 0 Å². The minimum Gasteiger partial charge on any atom is -0.349 e. The van der Waals surface area contributed by atoms with Gasteiger partial charge in [-0.3, -0.25) is 0 Å². The van der Waals surface area contributed by atoms with Crippen LogP contribution in [0, 0.1) is 0 Å². The number of fused-ring (bicyclic) bond motifs is 2. The molecule has 1 N–H and O–H groups in total. The summed E-state index contributed by atoms with van der Waals surface area (Å²) in [5.74, 6) is 0. The van der Waals surface area contributed by atoms with Crippen LogP contribution >= 0.6 is 23.1 Å². The van der Waals surface area contributed by atoms with E-state index in [-0.39, 0.29) is 0 Å². The molecule has 0 atom stereocenters. The molecule has 0 radical (unpaired) electrons. The lowest BCUT2D eigenvalue weighted by atomic mass is 9.95. The quantitative estimate of drug-likeness (QED) is 0.486. The van der Waals surface area contributed by atoms with Crippen LogP contribution in [0.4, 0.5) is 5.69 Å². The summed E-state index contributed by atoms with van der Waals surface area (Å²) < 4.78 is 3.79. The summed E-state index contributed by atoms with van der Waals surface area (Å²) in [6.45, 7) is 3.23. The Morgan fingerprint density at radius 3 is 2.79 bits per heavy atom. The Morgan fingerprint density at radius 2 is 1.89 bits per heavy atom. The lowest BCUT2D eigenvalue weighted by molar-refractivity contribution is -0.665. The van der Waals surface area contributed by atoms with Gasteiger partial charge in [0, 0.05) is 17.0 Å². The number of nitrogens with one attached hydrogen (secondary N) is 1. The van der Waals surface area contributed by atoms with E-state index >= 15 is 0 Å². The van der Waals surface area contributed by atoms with Gasteiger partial charge in [0.05, 0.1) is 10.7 Å². The Morgan fingerprint density at radius 1 is 1.04 bits per heavy atom. The van der Waals surface area contributed by atoms with Gasteiger partial charge in [-0.1, -0.05) is 53.4 Å². The van der Waals surface area contributed by atoms with Crippen LogP contribution in [-0.4, -0.2) is 0 Å². The Kier molecular flexibility index (Phi) is 4.83. The summed E-state index contributed by atoms with van der Waals surface area (Å²) in [5.41, 5.74) is 5.42. The van der Waals surface area contributed by atoms with E-state index in [0.717, 1.165) is 19.4 Å². The van der Waals surface area contributed by atoms with Gasteiger partial charge in [0.15, 0.2) is 0 Å². The van der Waals surface area contributed by atoms with E-state index in [0.29, 0.717) is 0 Å². The topological polar surface area (TPSA) is 15.9 Å². The number of thiazole rings is 1. The third-order valence-corrected chi connectivity index (χ3v) is 7.37. The summed E-state index contributed by atoms with van der Waals surface area (Å²) >= 11 is 3.73. The van der Waals surface area contributed by atoms with Gasteiger partial charge in [0.2, 0.25) is 5.52 Å². The van der Waals surface area contributed by atoms with Gasteiger partial charge in [-0.2, -0.15) is 4.57 Å². The van der Waals surface area contributed by atoms with Crippen molar-refractivity contribution in [3.05, 3.63) is 81.9 Å². The number of anilines is 1. The van der Waals surface area contributed by atoms with Crippen molar-refractivity contribution in [1.29, 1.82) is 0 Å². The molecule has 2 aliphatic rings. The minimum atomic E-state index is 1.00. The number of para-hydroxylation sites is 2. The molecular formula is C24H23N2S2+. The number of hydrogen-bond donors (Lipinski definition) is 1. The van der Waals surface area contributed by atoms with Gasteiger partial charge >= 0.3 is 0 Å². The molecule has 28 heavy (non-hydrogen) atoms. The Balaban J connectivity index is 1.45. The van der Waals surface area contributed by atoms with Crippen LogP contribution in [0.1, 0.15) is 31.2 Å². The second kappa shape index (κ2) is 7.61. The molecule has 0 spiro atoms. The molecular weight excluding hydrogens is 380 g/mol. The van der Waals surface area contributed by atoms with Gasteiger partial charge in [0.1, 0.15) is 11.2 Å². The molecule has 1 aliphatic heterocycles. The van der Waals surface area contributed by atoms with Crippen LogP contribution in [0.15, 0.2) is 81.8 Å². The van der Waals surface area contributed by atoms with Gasteiger partial charge in [0.25, 0.3) is 5.01 Å². The number of nitrogens with zero attached hydrogens (tertiary/aromatic N) is 1. The summed E-state index contributed by atoms with van der Waals surface area (Å²) in [5, 5.41) is 6.13. The first-order valence-corrected chi connectivity index (χ1v) is 11.5. The van der Waals surface area contributed by atoms with Crippen LogP contribution < -0.4 is 9.88 Å². The molecule has 4 heteroatoms. The predicted molar refractivity (Wildman–Crippen MR) is 122 cm³/mol. The second-order valence-electron chi connectivity index (χ2n) is 7.18. The van der Waals surface area contributed by atoms with Crippen LogP contribution in [-0.2, 0) is 6.54 Å². The van der Waals surface area contributed by atoms with Crippen molar-refractivity contribution in [2.45, 2.75) is 37.6 Å². The fraction of sp³-hybridized carbons (Fsp3) is 0.208. The molecule has 2 aromatic carbocycles. The van der Waals surface area contributed by atoms with Crippen LogP contribution in [0.2, 0.25) is 0 Å². The fourth-order valence-corrected chi connectivity index (χ4v) is 6.11. The number of allylic oxidation sites excluding steroid dienone is 4. The maximum absolute atomic E-state index is 3.54. The maximum Gasteiger partial charge on any atom is 0.263 e. The predicted octanol–water partition coefficient (Wildman–Crippen LogP) is 6.76. The third-order valence-electron chi connectivity index (χ3n) is 5.24. The first-order valence-electron chi connectivity index (χ1n) is 9.88. The monoisotopic (exact) mass is 403 g/mol. The molecule has 2 nitrogen and oxygen atoms in total. The van der Waals surface area contributed by atoms with E-state index in [2.05, 4.69) is 83.6 Å².